The van der Waals surface area contributed by atoms with Crippen LogP contribution in [0.4, 0.5) is 11.8 Å². The second-order valence-electron chi connectivity index (χ2n) is 3.64. The molecule has 0 aromatic carbocycles. The van der Waals surface area contributed by atoms with Crippen molar-refractivity contribution in [3.05, 3.63) is 0 Å². The van der Waals surface area contributed by atoms with Gasteiger partial charge in [-0.05, 0) is 0 Å². The van der Waals surface area contributed by atoms with Crippen LogP contribution in [0, 0.1) is 0 Å². The fraction of sp³-hybridized carbons (Fsp3) is 0.429. The monoisotopic (exact) mass is 289 g/mol. The summed E-state index contributed by atoms with van der Waals surface area (Å²) in [7, 11) is -4.16. The van der Waals surface area contributed by atoms with Gasteiger partial charge in [-0.25, -0.2) is 0 Å². The molecule has 11 nitrogen and oxygen atoms in total. The molecule has 0 saturated carbocycles. The summed E-state index contributed by atoms with van der Waals surface area (Å²) < 4.78 is 15.3. The van der Waals surface area contributed by atoms with E-state index in [0.29, 0.717) is 5.52 Å². The predicted molar refractivity (Wildman–Crippen MR) is 64.8 cm³/mol. The molecule has 2 rings (SSSR count). The van der Waals surface area contributed by atoms with Gasteiger partial charge in [-0.2, -0.15) is 14.8 Å². The van der Waals surface area contributed by atoms with Gasteiger partial charge in [0.15, 0.2) is 11.3 Å². The highest BCUT2D eigenvalue weighted by molar-refractivity contribution is 7.51. The fourth-order valence-corrected chi connectivity index (χ4v) is 1.69. The average molecular weight is 289 g/mol. The quantitative estimate of drug-likeness (QED) is 0.375. The molecular formula is C7H12N7O4P. The van der Waals surface area contributed by atoms with Crippen LogP contribution >= 0.6 is 7.60 Å². The van der Waals surface area contributed by atoms with E-state index < -0.39 is 13.9 Å². The van der Waals surface area contributed by atoms with Crippen LogP contribution in [0.25, 0.3) is 11.2 Å². The topological polar surface area (TPSA) is 175 Å². The molecule has 0 bridgehead atoms. The molecule has 2 heterocycles. The van der Waals surface area contributed by atoms with Crippen molar-refractivity contribution in [1.82, 2.24) is 25.0 Å². The van der Waals surface area contributed by atoms with E-state index in [1.54, 1.807) is 0 Å². The van der Waals surface area contributed by atoms with Gasteiger partial charge in [0, 0.05) is 0 Å². The highest BCUT2D eigenvalue weighted by Crippen LogP contribution is 2.33. The smallest absolute Gasteiger partial charge is 0.350 e. The number of nitrogen functional groups attached to an aromatic ring is 2. The Morgan fingerprint density at radius 3 is 2.68 bits per heavy atom. The van der Waals surface area contributed by atoms with Gasteiger partial charge >= 0.3 is 7.60 Å². The average Bonchev–Trinajstić information content (AvgIpc) is 2.66. The van der Waals surface area contributed by atoms with Gasteiger partial charge in [-0.3, -0.25) is 4.57 Å². The number of rotatable bonds is 5. The van der Waals surface area contributed by atoms with Crippen LogP contribution in [-0.4, -0.2) is 47.7 Å². The van der Waals surface area contributed by atoms with Crippen molar-refractivity contribution in [2.75, 3.05) is 24.4 Å². The Kier molecular flexibility index (Phi) is 3.62. The minimum absolute atomic E-state index is 0.00482. The third-order valence-electron chi connectivity index (χ3n) is 2.03. The van der Waals surface area contributed by atoms with E-state index in [1.807, 2.05) is 0 Å². The third kappa shape index (κ3) is 3.58. The summed E-state index contributed by atoms with van der Waals surface area (Å²) in [5.74, 6) is 0.111. The zero-order valence-corrected chi connectivity index (χ0v) is 10.6. The first kappa shape index (κ1) is 13.6. The predicted octanol–water partition coefficient (Wildman–Crippen LogP) is -1.46. The fourth-order valence-electron chi connectivity index (χ4n) is 1.32. The summed E-state index contributed by atoms with van der Waals surface area (Å²) >= 11 is 0. The highest BCUT2D eigenvalue weighted by atomic mass is 31.2. The Morgan fingerprint density at radius 2 is 2.00 bits per heavy atom. The number of nitrogens with zero attached hydrogens (tertiary/aromatic N) is 5. The van der Waals surface area contributed by atoms with Gasteiger partial charge in [-0.15, -0.1) is 10.2 Å². The van der Waals surface area contributed by atoms with E-state index in [9.17, 15) is 4.57 Å². The van der Waals surface area contributed by atoms with Crippen LogP contribution in [0.1, 0.15) is 0 Å². The number of nitrogens with two attached hydrogens (primary N) is 2. The van der Waals surface area contributed by atoms with E-state index in [-0.39, 0.29) is 30.6 Å². The molecule has 0 saturated heterocycles. The van der Waals surface area contributed by atoms with Crippen molar-refractivity contribution in [3.63, 3.8) is 0 Å². The third-order valence-corrected chi connectivity index (χ3v) is 2.55. The molecule has 0 unspecified atom stereocenters. The van der Waals surface area contributed by atoms with Gasteiger partial charge in [0.25, 0.3) is 0 Å². The number of hydrogen-bond acceptors (Lipinski definition) is 8. The first-order valence-corrected chi connectivity index (χ1v) is 6.91. The number of aromatic nitrogens is 5. The lowest BCUT2D eigenvalue weighted by Crippen LogP contribution is -2.09. The first-order valence-electron chi connectivity index (χ1n) is 5.11. The van der Waals surface area contributed by atoms with Crippen molar-refractivity contribution >= 4 is 30.5 Å². The summed E-state index contributed by atoms with van der Waals surface area (Å²) in [4.78, 5) is 26.0. The molecule has 2 aromatic rings. The minimum Gasteiger partial charge on any atom is -0.382 e. The minimum atomic E-state index is -4.16. The summed E-state index contributed by atoms with van der Waals surface area (Å²) in [5.41, 5.74) is 11.6. The van der Waals surface area contributed by atoms with Crippen molar-refractivity contribution in [3.8, 4) is 0 Å². The molecule has 0 radical (unpaired) electrons. The lowest BCUT2D eigenvalue weighted by molar-refractivity contribution is 0.143. The summed E-state index contributed by atoms with van der Waals surface area (Å²) in [5, 5.41) is 8.00. The maximum absolute atomic E-state index is 10.5. The van der Waals surface area contributed by atoms with Crippen LogP contribution in [0.2, 0.25) is 0 Å². The van der Waals surface area contributed by atoms with E-state index >= 15 is 0 Å². The van der Waals surface area contributed by atoms with Crippen molar-refractivity contribution in [2.24, 2.45) is 0 Å². The summed E-state index contributed by atoms with van der Waals surface area (Å²) in [6.45, 7) is 0.227. The largest absolute Gasteiger partial charge is 0.382 e. The molecule has 0 atom stereocenters. The standard InChI is InChI=1S/C7H12N7O4P/c8-5-4-6(11-7(9)10-5)13-14(12-4)1-2-18-3-19(15,16)17/h1-3H2,(H2,15,16,17)(H4,8,9,10,11,13). The molecule has 0 amide bonds. The molecule has 0 aliphatic carbocycles. The van der Waals surface area contributed by atoms with E-state index in [1.165, 1.54) is 4.80 Å². The highest BCUT2D eigenvalue weighted by Gasteiger charge is 2.13. The Morgan fingerprint density at radius 1 is 1.26 bits per heavy atom. The maximum atomic E-state index is 10.5. The van der Waals surface area contributed by atoms with E-state index in [4.69, 9.17) is 26.0 Å². The lowest BCUT2D eigenvalue weighted by atomic mass is 10.5. The van der Waals surface area contributed by atoms with Crippen LogP contribution in [0.3, 0.4) is 0 Å². The van der Waals surface area contributed by atoms with Crippen molar-refractivity contribution in [1.29, 1.82) is 0 Å². The Balaban J connectivity index is 2.02. The first-order chi connectivity index (χ1) is 8.85. The molecule has 0 aliphatic rings. The second kappa shape index (κ2) is 5.05. The molecule has 6 N–H and O–H groups in total. The van der Waals surface area contributed by atoms with Gasteiger partial charge in [0.1, 0.15) is 6.35 Å². The normalized spacial score (nSPS) is 12.1. The van der Waals surface area contributed by atoms with Gasteiger partial charge in [0.05, 0.1) is 13.2 Å². The van der Waals surface area contributed by atoms with Crippen LogP contribution in [-0.2, 0) is 15.8 Å². The lowest BCUT2D eigenvalue weighted by Gasteiger charge is -2.04. The molecule has 0 aliphatic heterocycles. The summed E-state index contributed by atoms with van der Waals surface area (Å²) in [6.07, 6.45) is -0.650. The Labute approximate surface area is 106 Å². The molecule has 0 fully saturated rings. The SMILES string of the molecule is Nc1nc(N)c2nn(CCOCP(=O)(O)O)nc2n1. The van der Waals surface area contributed by atoms with Gasteiger partial charge < -0.3 is 26.0 Å². The molecule has 104 valence electrons. The molecule has 12 heteroatoms. The number of anilines is 2. The number of hydrogen-bond donors (Lipinski definition) is 4. The van der Waals surface area contributed by atoms with E-state index in [2.05, 4.69) is 20.2 Å². The summed E-state index contributed by atoms with van der Waals surface area (Å²) in [6, 6.07) is 0. The number of ether oxygens (including phenoxy) is 1. The second-order valence-corrected chi connectivity index (χ2v) is 5.22. The van der Waals surface area contributed by atoms with Gasteiger partial charge in [0.2, 0.25) is 11.6 Å². The molecule has 2 aromatic heterocycles. The maximum Gasteiger partial charge on any atom is 0.350 e. The Bertz CT molecular complexity index is 638. The zero-order chi connectivity index (χ0) is 14.0. The Hall–Kier alpha value is -1.81. The van der Waals surface area contributed by atoms with Crippen LogP contribution in [0.5, 0.6) is 0 Å². The molecule has 0 spiro atoms. The molecular weight excluding hydrogens is 277 g/mol. The van der Waals surface area contributed by atoms with Crippen molar-refractivity contribution in [2.45, 2.75) is 6.54 Å². The van der Waals surface area contributed by atoms with Crippen LogP contribution < -0.4 is 11.5 Å². The zero-order valence-electron chi connectivity index (χ0n) is 9.67. The molecule has 19 heavy (non-hydrogen) atoms. The van der Waals surface area contributed by atoms with E-state index in [0.717, 1.165) is 0 Å². The number of fused-ring (bicyclic) bond motifs is 1. The van der Waals surface area contributed by atoms with Crippen LogP contribution in [0.15, 0.2) is 0 Å². The van der Waals surface area contributed by atoms with Gasteiger partial charge in [-0.1, -0.05) is 0 Å². The van der Waals surface area contributed by atoms with Crippen molar-refractivity contribution < 1.29 is 19.1 Å².